The van der Waals surface area contributed by atoms with E-state index in [9.17, 15) is 14.9 Å². The van der Waals surface area contributed by atoms with E-state index in [1.165, 1.54) is 40.7 Å². The largest absolute Gasteiger partial charge is 0.309 e. The Kier molecular flexibility index (Phi) is 7.14. The molecule has 0 N–H and O–H groups in total. The van der Waals surface area contributed by atoms with Crippen molar-refractivity contribution in [2.24, 2.45) is 0 Å². The quantitative estimate of drug-likeness (QED) is 0.286. The van der Waals surface area contributed by atoms with Crippen molar-refractivity contribution in [2.45, 2.75) is 20.3 Å². The van der Waals surface area contributed by atoms with E-state index in [1.807, 2.05) is 20.2 Å². The second-order valence-corrected chi connectivity index (χ2v) is 8.74. The van der Waals surface area contributed by atoms with E-state index in [0.717, 1.165) is 23.2 Å². The van der Waals surface area contributed by atoms with Gasteiger partial charge in [-0.15, -0.1) is 0 Å². The standard InChI is InChI=1S/C23H26N4O3S/c1-16-13-20-21(14-17(16)2)31-23(24-20)26(12-6-11-25(3)4)22(28)10-9-18-7-5-8-19(15-18)27(29)30/h5,7-10,13-15H,6,11-12H2,1-4H3/b10-9+. The Balaban J connectivity index is 1.88. The summed E-state index contributed by atoms with van der Waals surface area (Å²) in [5.41, 5.74) is 3.84. The summed E-state index contributed by atoms with van der Waals surface area (Å²) in [7, 11) is 4.00. The van der Waals surface area contributed by atoms with Crippen LogP contribution < -0.4 is 4.90 Å². The number of carbonyl (C=O) groups is 1. The SMILES string of the molecule is Cc1cc2nc(N(CCCN(C)C)C(=O)/C=C/c3cccc([N+](=O)[O-])c3)sc2cc1C. The van der Waals surface area contributed by atoms with Crippen molar-refractivity contribution < 1.29 is 9.72 Å². The Hall–Kier alpha value is -3.10. The van der Waals surface area contributed by atoms with Gasteiger partial charge in [0.05, 0.1) is 15.1 Å². The number of anilines is 1. The molecule has 0 saturated heterocycles. The Labute approximate surface area is 185 Å². The number of hydrogen-bond donors (Lipinski definition) is 0. The lowest BCUT2D eigenvalue weighted by molar-refractivity contribution is -0.384. The van der Waals surface area contributed by atoms with Gasteiger partial charge in [-0.1, -0.05) is 23.5 Å². The molecule has 3 rings (SSSR count). The summed E-state index contributed by atoms with van der Waals surface area (Å²) in [6, 6.07) is 10.4. The molecule has 7 nitrogen and oxygen atoms in total. The van der Waals surface area contributed by atoms with Gasteiger partial charge in [0, 0.05) is 24.8 Å². The van der Waals surface area contributed by atoms with Crippen LogP contribution in [0.2, 0.25) is 0 Å². The van der Waals surface area contributed by atoms with Crippen molar-refractivity contribution in [1.29, 1.82) is 0 Å². The normalized spacial score (nSPS) is 11.5. The molecule has 0 aliphatic carbocycles. The van der Waals surface area contributed by atoms with E-state index in [4.69, 9.17) is 4.98 Å². The zero-order chi connectivity index (χ0) is 22.5. The number of thiazole rings is 1. The monoisotopic (exact) mass is 438 g/mol. The minimum Gasteiger partial charge on any atom is -0.309 e. The van der Waals surface area contributed by atoms with Gasteiger partial charge in [0.15, 0.2) is 5.13 Å². The first-order chi connectivity index (χ1) is 14.7. The summed E-state index contributed by atoms with van der Waals surface area (Å²) in [5.74, 6) is -0.197. The van der Waals surface area contributed by atoms with Crippen LogP contribution in [0.5, 0.6) is 0 Å². The number of nitro groups is 1. The molecule has 0 unspecified atom stereocenters. The van der Waals surface area contributed by atoms with Crippen molar-refractivity contribution in [3.63, 3.8) is 0 Å². The summed E-state index contributed by atoms with van der Waals surface area (Å²) in [6.45, 7) is 5.50. The molecule has 1 heterocycles. The molecule has 1 amide bonds. The van der Waals surface area contributed by atoms with Gasteiger partial charge in [-0.05, 0) is 75.8 Å². The fraction of sp³-hybridized carbons (Fsp3) is 0.304. The average Bonchev–Trinajstić information content (AvgIpc) is 3.11. The van der Waals surface area contributed by atoms with Crippen LogP contribution in [0.4, 0.5) is 10.8 Å². The molecule has 3 aromatic rings. The fourth-order valence-corrected chi connectivity index (χ4v) is 4.20. The van der Waals surface area contributed by atoms with Crippen LogP contribution in [-0.2, 0) is 4.79 Å². The summed E-state index contributed by atoms with van der Waals surface area (Å²) < 4.78 is 1.05. The molecule has 0 aliphatic rings. The Morgan fingerprint density at radius 1 is 1.16 bits per heavy atom. The highest BCUT2D eigenvalue weighted by atomic mass is 32.1. The van der Waals surface area contributed by atoms with Gasteiger partial charge < -0.3 is 4.90 Å². The van der Waals surface area contributed by atoms with Crippen LogP contribution in [0, 0.1) is 24.0 Å². The van der Waals surface area contributed by atoms with Gasteiger partial charge in [0.2, 0.25) is 0 Å². The summed E-state index contributed by atoms with van der Waals surface area (Å²) in [4.78, 5) is 32.1. The first-order valence-electron chi connectivity index (χ1n) is 10.0. The molecule has 2 aromatic carbocycles. The molecule has 0 spiro atoms. The van der Waals surface area contributed by atoms with E-state index < -0.39 is 4.92 Å². The molecule has 31 heavy (non-hydrogen) atoms. The number of carbonyl (C=O) groups excluding carboxylic acids is 1. The van der Waals surface area contributed by atoms with Crippen LogP contribution in [-0.4, -0.2) is 47.9 Å². The van der Waals surface area contributed by atoms with E-state index in [2.05, 4.69) is 24.8 Å². The summed E-state index contributed by atoms with van der Waals surface area (Å²) in [5, 5.41) is 11.6. The molecule has 8 heteroatoms. The van der Waals surface area contributed by atoms with Crippen LogP contribution >= 0.6 is 11.3 Å². The number of rotatable bonds is 8. The Morgan fingerprint density at radius 2 is 1.90 bits per heavy atom. The fourth-order valence-electron chi connectivity index (χ4n) is 3.13. The van der Waals surface area contributed by atoms with Gasteiger partial charge >= 0.3 is 0 Å². The second-order valence-electron chi connectivity index (χ2n) is 7.73. The second kappa shape index (κ2) is 9.80. The molecule has 0 aliphatic heterocycles. The zero-order valence-electron chi connectivity index (χ0n) is 18.2. The summed E-state index contributed by atoms with van der Waals surface area (Å²) in [6.07, 6.45) is 3.87. The maximum absolute atomic E-state index is 13.1. The first-order valence-corrected chi connectivity index (χ1v) is 10.8. The lowest BCUT2D eigenvalue weighted by Crippen LogP contribution is -2.32. The molecule has 0 fully saturated rings. The minimum absolute atomic E-state index is 0.00523. The number of aryl methyl sites for hydroxylation is 2. The number of amides is 1. The van der Waals surface area contributed by atoms with Gasteiger partial charge in [0.1, 0.15) is 0 Å². The molecular formula is C23H26N4O3S. The molecule has 1 aromatic heterocycles. The van der Waals surface area contributed by atoms with Crippen molar-refractivity contribution in [2.75, 3.05) is 32.1 Å². The maximum atomic E-state index is 13.1. The lowest BCUT2D eigenvalue weighted by atomic mass is 10.1. The van der Waals surface area contributed by atoms with E-state index in [-0.39, 0.29) is 11.6 Å². The predicted molar refractivity (Wildman–Crippen MR) is 127 cm³/mol. The molecule has 0 bridgehead atoms. The number of aromatic nitrogens is 1. The van der Waals surface area contributed by atoms with Gasteiger partial charge in [-0.3, -0.25) is 19.8 Å². The van der Waals surface area contributed by atoms with Gasteiger partial charge in [-0.2, -0.15) is 0 Å². The topological polar surface area (TPSA) is 79.6 Å². The average molecular weight is 439 g/mol. The predicted octanol–water partition coefficient (Wildman–Crippen LogP) is 4.82. The molecule has 162 valence electrons. The zero-order valence-corrected chi connectivity index (χ0v) is 19.0. The maximum Gasteiger partial charge on any atom is 0.270 e. The van der Waals surface area contributed by atoms with Crippen molar-refractivity contribution >= 4 is 44.4 Å². The summed E-state index contributed by atoms with van der Waals surface area (Å²) >= 11 is 1.50. The molecular weight excluding hydrogens is 412 g/mol. The number of non-ortho nitro benzene ring substituents is 1. The highest BCUT2D eigenvalue weighted by molar-refractivity contribution is 7.22. The van der Waals surface area contributed by atoms with Crippen LogP contribution in [0.3, 0.4) is 0 Å². The molecule has 0 atom stereocenters. The van der Waals surface area contributed by atoms with Crippen molar-refractivity contribution in [3.05, 3.63) is 69.3 Å². The third-order valence-electron chi connectivity index (χ3n) is 4.98. The van der Waals surface area contributed by atoms with Crippen LogP contribution in [0.15, 0.2) is 42.5 Å². The number of hydrogen-bond acceptors (Lipinski definition) is 6. The van der Waals surface area contributed by atoms with Gasteiger partial charge in [-0.25, -0.2) is 4.98 Å². The Morgan fingerprint density at radius 3 is 2.61 bits per heavy atom. The van der Waals surface area contributed by atoms with Crippen LogP contribution in [0.1, 0.15) is 23.1 Å². The minimum atomic E-state index is -0.447. The number of benzene rings is 2. The van der Waals surface area contributed by atoms with Crippen molar-refractivity contribution in [1.82, 2.24) is 9.88 Å². The van der Waals surface area contributed by atoms with E-state index in [1.54, 1.807) is 23.1 Å². The highest BCUT2D eigenvalue weighted by Gasteiger charge is 2.18. The molecule has 0 radical (unpaired) electrons. The number of fused-ring (bicyclic) bond motifs is 1. The first kappa shape index (κ1) is 22.6. The highest BCUT2D eigenvalue weighted by Crippen LogP contribution is 2.31. The molecule has 0 saturated carbocycles. The number of nitro benzene ring substituents is 1. The van der Waals surface area contributed by atoms with Gasteiger partial charge in [0.25, 0.3) is 11.6 Å². The van der Waals surface area contributed by atoms with Crippen LogP contribution in [0.25, 0.3) is 16.3 Å². The van der Waals surface area contributed by atoms with Crippen molar-refractivity contribution in [3.8, 4) is 0 Å². The number of nitrogens with zero attached hydrogens (tertiary/aromatic N) is 4. The lowest BCUT2D eigenvalue weighted by Gasteiger charge is -2.19. The van der Waals surface area contributed by atoms with E-state index >= 15 is 0 Å². The Bertz CT molecular complexity index is 1100. The van der Waals surface area contributed by atoms with E-state index in [0.29, 0.717) is 17.2 Å². The smallest absolute Gasteiger partial charge is 0.270 e. The third-order valence-corrected chi connectivity index (χ3v) is 6.02. The third kappa shape index (κ3) is 5.74.